The van der Waals surface area contributed by atoms with Gasteiger partial charge in [-0.25, -0.2) is 18.6 Å². The van der Waals surface area contributed by atoms with Gasteiger partial charge in [-0.3, -0.25) is 14.9 Å². The Morgan fingerprint density at radius 1 is 1.18 bits per heavy atom. The number of nitrogens with zero attached hydrogens (tertiary/aromatic N) is 2. The molecule has 0 saturated carbocycles. The van der Waals surface area contributed by atoms with E-state index in [1.807, 2.05) is 6.07 Å². The topological polar surface area (TPSA) is 101 Å². The van der Waals surface area contributed by atoms with Crippen molar-refractivity contribution >= 4 is 56.2 Å². The number of carbonyl (C=O) groups is 3. The molecule has 0 radical (unpaired) electrons. The van der Waals surface area contributed by atoms with Gasteiger partial charge in [-0.2, -0.15) is 0 Å². The Labute approximate surface area is 227 Å². The molecular weight excluding hydrogens is 538 g/mol. The number of thiazole rings is 1. The van der Waals surface area contributed by atoms with Crippen LogP contribution in [0.25, 0.3) is 10.2 Å². The van der Waals surface area contributed by atoms with E-state index in [-0.39, 0.29) is 35.7 Å². The summed E-state index contributed by atoms with van der Waals surface area (Å²) in [5.74, 6) is -3.39. The van der Waals surface area contributed by atoms with Crippen molar-refractivity contribution in [2.45, 2.75) is 39.2 Å². The highest BCUT2D eigenvalue weighted by Crippen LogP contribution is 2.35. The van der Waals surface area contributed by atoms with Crippen molar-refractivity contribution < 1.29 is 27.9 Å². The van der Waals surface area contributed by atoms with E-state index in [0.717, 1.165) is 23.8 Å². The zero-order valence-electron chi connectivity index (χ0n) is 20.9. The van der Waals surface area contributed by atoms with Crippen molar-refractivity contribution in [3.05, 3.63) is 58.6 Å². The van der Waals surface area contributed by atoms with Gasteiger partial charge in [0.25, 0.3) is 5.92 Å². The van der Waals surface area contributed by atoms with Crippen LogP contribution in [-0.4, -0.2) is 47.5 Å². The van der Waals surface area contributed by atoms with E-state index in [4.69, 9.17) is 16.3 Å². The van der Waals surface area contributed by atoms with Gasteiger partial charge in [0.2, 0.25) is 11.8 Å². The van der Waals surface area contributed by atoms with E-state index >= 15 is 0 Å². The monoisotopic (exact) mass is 564 g/mol. The number of amides is 3. The van der Waals surface area contributed by atoms with Crippen LogP contribution >= 0.6 is 22.9 Å². The van der Waals surface area contributed by atoms with Crippen LogP contribution in [-0.2, 0) is 26.8 Å². The standard InChI is InChI=1S/C26H27ClF2N4O4S/c1-16(34)33-11-9-26(10-12-33,22(35)30-14-17-5-3-4-6-19(17)27)15-37-24(36)32-23-31-20-8-7-18(25(2,28)29)13-21(20)38-23/h3-8,13H,9-12,14-15H2,1-2H3,(H,30,35)(H,31,32,36). The largest absolute Gasteiger partial charge is 0.448 e. The Morgan fingerprint density at radius 2 is 1.89 bits per heavy atom. The molecule has 3 aromatic rings. The highest BCUT2D eigenvalue weighted by Gasteiger charge is 2.43. The number of fused-ring (bicyclic) bond motifs is 1. The molecule has 0 bridgehead atoms. The van der Waals surface area contributed by atoms with Crippen LogP contribution in [0.3, 0.4) is 0 Å². The molecule has 38 heavy (non-hydrogen) atoms. The number of hydrogen-bond acceptors (Lipinski definition) is 6. The summed E-state index contributed by atoms with van der Waals surface area (Å²) in [6.45, 7) is 2.97. The molecule has 0 spiro atoms. The Bertz CT molecular complexity index is 1350. The fourth-order valence-electron chi connectivity index (χ4n) is 4.27. The highest BCUT2D eigenvalue weighted by atomic mass is 35.5. The van der Waals surface area contributed by atoms with Crippen LogP contribution in [0.2, 0.25) is 5.02 Å². The van der Waals surface area contributed by atoms with Crippen LogP contribution < -0.4 is 10.6 Å². The summed E-state index contributed by atoms with van der Waals surface area (Å²) < 4.78 is 33.3. The number of nitrogens with one attached hydrogen (secondary N) is 2. The second kappa shape index (κ2) is 11.2. The summed E-state index contributed by atoms with van der Waals surface area (Å²) in [7, 11) is 0. The van der Waals surface area contributed by atoms with Gasteiger partial charge in [0.15, 0.2) is 5.13 Å². The maximum Gasteiger partial charge on any atom is 0.413 e. The quantitative estimate of drug-likeness (QED) is 0.391. The fraction of sp³-hybridized carbons (Fsp3) is 0.385. The lowest BCUT2D eigenvalue weighted by Gasteiger charge is -2.39. The van der Waals surface area contributed by atoms with Crippen LogP contribution in [0, 0.1) is 5.41 Å². The first kappa shape index (κ1) is 27.7. The first-order chi connectivity index (χ1) is 18.0. The number of aromatic nitrogens is 1. The average molecular weight is 565 g/mol. The first-order valence-corrected chi connectivity index (χ1v) is 13.2. The predicted molar refractivity (Wildman–Crippen MR) is 141 cm³/mol. The zero-order valence-corrected chi connectivity index (χ0v) is 22.4. The summed E-state index contributed by atoms with van der Waals surface area (Å²) in [5, 5.41) is 6.12. The number of alkyl halides is 2. The molecule has 4 rings (SSSR count). The summed E-state index contributed by atoms with van der Waals surface area (Å²) >= 11 is 7.25. The smallest absolute Gasteiger partial charge is 0.413 e. The summed E-state index contributed by atoms with van der Waals surface area (Å²) in [4.78, 5) is 43.7. The lowest BCUT2D eigenvalue weighted by molar-refractivity contribution is -0.142. The number of hydrogen-bond donors (Lipinski definition) is 2. The van der Waals surface area contributed by atoms with E-state index in [1.165, 1.54) is 25.1 Å². The normalized spacial score (nSPS) is 15.2. The second-order valence-electron chi connectivity index (χ2n) is 9.35. The number of anilines is 1. The van der Waals surface area contributed by atoms with Crippen molar-refractivity contribution in [2.24, 2.45) is 5.41 Å². The zero-order chi connectivity index (χ0) is 27.5. The van der Waals surface area contributed by atoms with Gasteiger partial charge < -0.3 is 15.0 Å². The summed E-state index contributed by atoms with van der Waals surface area (Å²) in [5.41, 5.74) is 0.0202. The summed E-state index contributed by atoms with van der Waals surface area (Å²) in [6.07, 6.45) is -0.204. The van der Waals surface area contributed by atoms with Crippen LogP contribution in [0.4, 0.5) is 18.7 Å². The van der Waals surface area contributed by atoms with Gasteiger partial charge in [0.1, 0.15) is 6.61 Å². The second-order valence-corrected chi connectivity index (χ2v) is 10.8. The highest BCUT2D eigenvalue weighted by molar-refractivity contribution is 7.22. The molecule has 2 N–H and O–H groups in total. The Balaban J connectivity index is 1.43. The predicted octanol–water partition coefficient (Wildman–Crippen LogP) is 5.56. The van der Waals surface area contributed by atoms with E-state index in [2.05, 4.69) is 15.6 Å². The molecule has 1 aromatic heterocycles. The van der Waals surface area contributed by atoms with Gasteiger partial charge in [0.05, 0.1) is 15.6 Å². The van der Waals surface area contributed by atoms with E-state index in [0.29, 0.717) is 41.2 Å². The molecule has 1 aliphatic rings. The fourth-order valence-corrected chi connectivity index (χ4v) is 5.36. The minimum atomic E-state index is -3.00. The molecule has 2 aromatic carbocycles. The van der Waals surface area contributed by atoms with Crippen LogP contribution in [0.5, 0.6) is 0 Å². The third-order valence-electron chi connectivity index (χ3n) is 6.63. The minimum absolute atomic E-state index is 0.0893. The SMILES string of the molecule is CC(=O)N1CCC(COC(=O)Nc2nc3ccc(C(C)(F)F)cc3s2)(C(=O)NCc2ccccc2Cl)CC1. The molecule has 3 amide bonds. The van der Waals surface area contributed by atoms with Crippen molar-refractivity contribution in [1.82, 2.24) is 15.2 Å². The molecule has 0 atom stereocenters. The molecule has 1 fully saturated rings. The van der Waals surface area contributed by atoms with Crippen LogP contribution in [0.15, 0.2) is 42.5 Å². The van der Waals surface area contributed by atoms with Gasteiger partial charge in [-0.15, -0.1) is 0 Å². The van der Waals surface area contributed by atoms with E-state index < -0.39 is 17.4 Å². The number of ether oxygens (including phenoxy) is 1. The summed E-state index contributed by atoms with van der Waals surface area (Å²) in [6, 6.07) is 11.2. The molecule has 0 unspecified atom stereocenters. The van der Waals surface area contributed by atoms with Crippen molar-refractivity contribution in [3.63, 3.8) is 0 Å². The van der Waals surface area contributed by atoms with Crippen LogP contribution in [0.1, 0.15) is 37.8 Å². The van der Waals surface area contributed by atoms with Gasteiger partial charge >= 0.3 is 6.09 Å². The third kappa shape index (κ3) is 6.39. The third-order valence-corrected chi connectivity index (χ3v) is 7.93. The number of carbonyl (C=O) groups excluding carboxylic acids is 3. The van der Waals surface area contributed by atoms with E-state index in [1.54, 1.807) is 23.1 Å². The molecule has 1 aliphatic heterocycles. The Morgan fingerprint density at radius 3 is 2.55 bits per heavy atom. The maximum absolute atomic E-state index is 13.7. The Hall–Kier alpha value is -3.31. The van der Waals surface area contributed by atoms with Gasteiger partial charge in [0, 0.05) is 44.1 Å². The number of benzene rings is 2. The first-order valence-electron chi connectivity index (χ1n) is 12.0. The van der Waals surface area contributed by atoms with Crippen molar-refractivity contribution in [3.8, 4) is 0 Å². The lowest BCUT2D eigenvalue weighted by atomic mass is 9.78. The maximum atomic E-state index is 13.7. The Kier molecular flexibility index (Phi) is 8.17. The number of piperidine rings is 1. The molecular formula is C26H27ClF2N4O4S. The molecule has 8 nitrogen and oxygen atoms in total. The minimum Gasteiger partial charge on any atom is -0.448 e. The molecule has 12 heteroatoms. The molecule has 1 saturated heterocycles. The molecule has 202 valence electrons. The number of rotatable bonds is 7. The number of likely N-dealkylation sites (tertiary alicyclic amines) is 1. The van der Waals surface area contributed by atoms with E-state index in [9.17, 15) is 23.2 Å². The van der Waals surface area contributed by atoms with Gasteiger partial charge in [-0.1, -0.05) is 47.2 Å². The lowest BCUT2D eigenvalue weighted by Crippen LogP contribution is -2.52. The molecule has 0 aliphatic carbocycles. The average Bonchev–Trinajstić information content (AvgIpc) is 3.28. The van der Waals surface area contributed by atoms with Gasteiger partial charge in [-0.05, 0) is 36.6 Å². The van der Waals surface area contributed by atoms with Crippen molar-refractivity contribution in [1.29, 1.82) is 0 Å². The molecule has 2 heterocycles. The van der Waals surface area contributed by atoms with Crippen molar-refractivity contribution in [2.75, 3.05) is 25.0 Å². The number of halogens is 3.